The van der Waals surface area contributed by atoms with Crippen LogP contribution in [0.4, 0.5) is 0 Å². The van der Waals surface area contributed by atoms with E-state index in [1.54, 1.807) is 43.1 Å². The van der Waals surface area contributed by atoms with Crippen molar-refractivity contribution in [3.05, 3.63) is 35.4 Å². The summed E-state index contributed by atoms with van der Waals surface area (Å²) in [5, 5.41) is 9.14. The van der Waals surface area contributed by atoms with Gasteiger partial charge < -0.3 is 15.7 Å². The Morgan fingerprint density at radius 3 is 2.52 bits per heavy atom. The lowest BCUT2D eigenvalue weighted by molar-refractivity contribution is -0.135. The molecule has 0 aliphatic carbocycles. The first-order chi connectivity index (χ1) is 9.79. The summed E-state index contributed by atoms with van der Waals surface area (Å²) in [5.74, 6) is -1.06. The van der Waals surface area contributed by atoms with Crippen molar-refractivity contribution in [1.29, 1.82) is 0 Å². The molecule has 1 amide bonds. The summed E-state index contributed by atoms with van der Waals surface area (Å²) >= 11 is 0. The van der Waals surface area contributed by atoms with Gasteiger partial charge in [0.1, 0.15) is 0 Å². The SMILES string of the molecule is CCCC(C)(N)C(=O)N(C)CCc1ccccc1C(=O)O. The Hall–Kier alpha value is -1.88. The minimum atomic E-state index is -0.950. The number of likely N-dealkylation sites (N-methyl/N-ethyl adjacent to an activating group) is 1. The van der Waals surface area contributed by atoms with Gasteiger partial charge in [0.2, 0.25) is 5.91 Å². The Bertz CT molecular complexity index is 512. The van der Waals surface area contributed by atoms with Crippen LogP contribution in [-0.4, -0.2) is 41.0 Å². The van der Waals surface area contributed by atoms with E-state index in [1.807, 2.05) is 6.92 Å². The zero-order valence-electron chi connectivity index (χ0n) is 12.9. The minimum absolute atomic E-state index is 0.114. The molecule has 3 N–H and O–H groups in total. The van der Waals surface area contributed by atoms with Gasteiger partial charge >= 0.3 is 5.97 Å². The van der Waals surface area contributed by atoms with Gasteiger partial charge in [-0.2, -0.15) is 0 Å². The average molecular weight is 292 g/mol. The van der Waals surface area contributed by atoms with E-state index in [4.69, 9.17) is 10.8 Å². The summed E-state index contributed by atoms with van der Waals surface area (Å²) in [6.45, 7) is 4.17. The summed E-state index contributed by atoms with van der Waals surface area (Å²) < 4.78 is 0. The number of carboxylic acids is 1. The molecule has 0 saturated carbocycles. The number of benzene rings is 1. The fourth-order valence-corrected chi connectivity index (χ4v) is 2.40. The van der Waals surface area contributed by atoms with Crippen molar-refractivity contribution >= 4 is 11.9 Å². The summed E-state index contributed by atoms with van der Waals surface area (Å²) in [5.41, 5.74) is 6.17. The quantitative estimate of drug-likeness (QED) is 0.804. The van der Waals surface area contributed by atoms with E-state index in [9.17, 15) is 9.59 Å². The van der Waals surface area contributed by atoms with Crippen LogP contribution in [0.25, 0.3) is 0 Å². The lowest BCUT2D eigenvalue weighted by Gasteiger charge is -2.29. The van der Waals surface area contributed by atoms with Crippen molar-refractivity contribution in [3.63, 3.8) is 0 Å². The van der Waals surface area contributed by atoms with Crippen LogP contribution in [0.1, 0.15) is 42.6 Å². The number of hydrogen-bond donors (Lipinski definition) is 2. The van der Waals surface area contributed by atoms with Gasteiger partial charge in [0.25, 0.3) is 0 Å². The third-order valence-corrected chi connectivity index (χ3v) is 3.57. The van der Waals surface area contributed by atoms with E-state index in [1.165, 1.54) is 0 Å². The van der Waals surface area contributed by atoms with Crippen molar-refractivity contribution in [3.8, 4) is 0 Å². The molecule has 1 unspecified atom stereocenters. The highest BCUT2D eigenvalue weighted by molar-refractivity contribution is 5.89. The monoisotopic (exact) mass is 292 g/mol. The van der Waals surface area contributed by atoms with Gasteiger partial charge in [0, 0.05) is 13.6 Å². The fourth-order valence-electron chi connectivity index (χ4n) is 2.40. The Morgan fingerprint density at radius 2 is 1.95 bits per heavy atom. The number of nitrogens with zero attached hydrogens (tertiary/aromatic N) is 1. The van der Waals surface area contributed by atoms with Gasteiger partial charge in [-0.15, -0.1) is 0 Å². The highest BCUT2D eigenvalue weighted by Gasteiger charge is 2.29. The molecule has 0 fully saturated rings. The molecule has 0 radical (unpaired) electrons. The maximum atomic E-state index is 12.3. The standard InChI is InChI=1S/C16H24N2O3/c1-4-10-16(2,17)15(21)18(3)11-9-12-7-5-6-8-13(12)14(19)20/h5-8H,4,9-11,17H2,1-3H3,(H,19,20). The largest absolute Gasteiger partial charge is 0.478 e. The molecule has 0 bridgehead atoms. The molecular formula is C16H24N2O3. The fraction of sp³-hybridized carbons (Fsp3) is 0.500. The van der Waals surface area contributed by atoms with Crippen LogP contribution in [0.3, 0.4) is 0 Å². The Morgan fingerprint density at radius 1 is 1.33 bits per heavy atom. The first-order valence-electron chi connectivity index (χ1n) is 7.15. The van der Waals surface area contributed by atoms with E-state index >= 15 is 0 Å². The van der Waals surface area contributed by atoms with Crippen molar-refractivity contribution in [2.24, 2.45) is 5.73 Å². The molecule has 0 saturated heterocycles. The van der Waals surface area contributed by atoms with Crippen molar-refractivity contribution < 1.29 is 14.7 Å². The molecule has 1 aromatic rings. The number of carbonyl (C=O) groups is 2. The third kappa shape index (κ3) is 4.56. The molecule has 0 heterocycles. The van der Waals surface area contributed by atoms with Crippen LogP contribution in [0, 0.1) is 0 Å². The van der Waals surface area contributed by atoms with Crippen molar-refractivity contribution in [1.82, 2.24) is 4.90 Å². The smallest absolute Gasteiger partial charge is 0.335 e. The highest BCUT2D eigenvalue weighted by Crippen LogP contribution is 2.14. The number of rotatable bonds is 7. The second-order valence-corrected chi connectivity index (χ2v) is 5.61. The van der Waals surface area contributed by atoms with Crippen molar-refractivity contribution in [2.45, 2.75) is 38.6 Å². The molecule has 0 aromatic heterocycles. The Kier molecular flexibility index (Phi) is 5.90. The molecule has 5 nitrogen and oxygen atoms in total. The van der Waals surface area contributed by atoms with Gasteiger partial charge in [-0.05, 0) is 31.4 Å². The third-order valence-electron chi connectivity index (χ3n) is 3.57. The van der Waals surface area contributed by atoms with Crippen LogP contribution in [-0.2, 0) is 11.2 Å². The molecule has 1 rings (SSSR count). The predicted molar refractivity (Wildman–Crippen MR) is 82.2 cm³/mol. The number of carboxylic acid groups (broad SMARTS) is 1. The molecule has 1 aromatic carbocycles. The average Bonchev–Trinajstić information content (AvgIpc) is 2.44. The minimum Gasteiger partial charge on any atom is -0.478 e. The summed E-state index contributed by atoms with van der Waals surface area (Å²) in [6.07, 6.45) is 1.96. The molecule has 0 spiro atoms. The molecule has 0 aliphatic heterocycles. The molecule has 5 heteroatoms. The van der Waals surface area contributed by atoms with Gasteiger partial charge in [0.05, 0.1) is 11.1 Å². The zero-order valence-corrected chi connectivity index (χ0v) is 12.9. The van der Waals surface area contributed by atoms with Gasteiger partial charge in [-0.1, -0.05) is 31.5 Å². The summed E-state index contributed by atoms with van der Waals surface area (Å²) in [4.78, 5) is 25.0. The number of carbonyl (C=O) groups excluding carboxylic acids is 1. The van der Waals surface area contributed by atoms with Gasteiger partial charge in [-0.25, -0.2) is 4.79 Å². The number of hydrogen-bond acceptors (Lipinski definition) is 3. The lowest BCUT2D eigenvalue weighted by atomic mass is 9.95. The van der Waals surface area contributed by atoms with E-state index in [0.717, 1.165) is 12.0 Å². The molecular weight excluding hydrogens is 268 g/mol. The molecule has 21 heavy (non-hydrogen) atoms. The topological polar surface area (TPSA) is 83.6 Å². The number of amides is 1. The Balaban J connectivity index is 2.71. The van der Waals surface area contributed by atoms with Crippen LogP contribution < -0.4 is 5.73 Å². The Labute approximate surface area is 125 Å². The van der Waals surface area contributed by atoms with Gasteiger partial charge in [0.15, 0.2) is 0 Å². The second-order valence-electron chi connectivity index (χ2n) is 5.61. The van der Waals surface area contributed by atoms with E-state index in [2.05, 4.69) is 0 Å². The van der Waals surface area contributed by atoms with E-state index in [-0.39, 0.29) is 11.5 Å². The molecule has 1 atom stereocenters. The maximum Gasteiger partial charge on any atom is 0.335 e. The van der Waals surface area contributed by atoms with Crippen molar-refractivity contribution in [2.75, 3.05) is 13.6 Å². The number of nitrogens with two attached hydrogens (primary N) is 1. The van der Waals surface area contributed by atoms with Gasteiger partial charge in [-0.3, -0.25) is 4.79 Å². The predicted octanol–water partition coefficient (Wildman–Crippen LogP) is 1.90. The second kappa shape index (κ2) is 7.22. The molecule has 116 valence electrons. The van der Waals surface area contributed by atoms with E-state index in [0.29, 0.717) is 19.4 Å². The summed E-state index contributed by atoms with van der Waals surface area (Å²) in [7, 11) is 1.70. The number of aromatic carboxylic acids is 1. The van der Waals surface area contributed by atoms with Crippen LogP contribution in [0.15, 0.2) is 24.3 Å². The normalized spacial score (nSPS) is 13.5. The maximum absolute atomic E-state index is 12.3. The van der Waals surface area contributed by atoms with Crippen LogP contribution >= 0.6 is 0 Å². The van der Waals surface area contributed by atoms with Crippen LogP contribution in [0.2, 0.25) is 0 Å². The summed E-state index contributed by atoms with van der Waals surface area (Å²) in [6, 6.07) is 6.84. The van der Waals surface area contributed by atoms with E-state index < -0.39 is 11.5 Å². The first kappa shape index (κ1) is 17.2. The molecule has 0 aliphatic rings. The van der Waals surface area contributed by atoms with Crippen LogP contribution in [0.5, 0.6) is 0 Å². The first-order valence-corrected chi connectivity index (χ1v) is 7.15. The highest BCUT2D eigenvalue weighted by atomic mass is 16.4. The zero-order chi connectivity index (χ0) is 16.0. The lowest BCUT2D eigenvalue weighted by Crippen LogP contribution is -2.52.